The molecule has 1 aromatic heterocycles. The van der Waals surface area contributed by atoms with Crippen LogP contribution in [0.15, 0.2) is 42.3 Å². The fourth-order valence-corrected chi connectivity index (χ4v) is 2.92. The highest BCUT2D eigenvalue weighted by molar-refractivity contribution is 6.67. The van der Waals surface area contributed by atoms with Gasteiger partial charge in [0.05, 0.1) is 11.4 Å². The van der Waals surface area contributed by atoms with Crippen molar-refractivity contribution in [3.8, 4) is 5.69 Å². The SMILES string of the molecule is CC/C=C(\Nc1cc(C(C)(C)C)nn1-c1ccc(CN(C)C)cc1)OCC(Cl)(Cl)Cl. The number of alkyl halides is 3. The van der Waals surface area contributed by atoms with E-state index in [1.807, 2.05) is 23.7 Å². The lowest BCUT2D eigenvalue weighted by atomic mass is 9.92. The second-order valence-electron chi connectivity index (χ2n) is 8.49. The lowest BCUT2D eigenvalue weighted by molar-refractivity contribution is 0.222. The summed E-state index contributed by atoms with van der Waals surface area (Å²) in [6.45, 7) is 9.23. The number of nitrogens with zero attached hydrogens (tertiary/aromatic N) is 3. The Bertz CT molecular complexity index is 847. The average Bonchev–Trinajstić information content (AvgIpc) is 3.03. The third-order valence-corrected chi connectivity index (χ3v) is 4.52. The van der Waals surface area contributed by atoms with Crippen molar-refractivity contribution in [3.05, 3.63) is 53.5 Å². The normalized spacial score (nSPS) is 13.1. The van der Waals surface area contributed by atoms with E-state index in [1.54, 1.807) is 0 Å². The molecule has 0 aliphatic rings. The maximum Gasteiger partial charge on any atom is 0.224 e. The smallest absolute Gasteiger partial charge is 0.224 e. The predicted octanol–water partition coefficient (Wildman–Crippen LogP) is 6.28. The summed E-state index contributed by atoms with van der Waals surface area (Å²) in [6, 6.07) is 10.4. The van der Waals surface area contributed by atoms with Gasteiger partial charge < -0.3 is 15.0 Å². The van der Waals surface area contributed by atoms with Gasteiger partial charge in [-0.15, -0.1) is 0 Å². The van der Waals surface area contributed by atoms with E-state index in [4.69, 9.17) is 44.6 Å². The molecule has 2 rings (SSSR count). The van der Waals surface area contributed by atoms with Crippen LogP contribution in [0.4, 0.5) is 5.82 Å². The Balaban J connectivity index is 2.38. The first-order valence-electron chi connectivity index (χ1n) is 9.90. The molecule has 0 spiro atoms. The van der Waals surface area contributed by atoms with Crippen LogP contribution in [0, 0.1) is 0 Å². The molecule has 5 nitrogen and oxygen atoms in total. The van der Waals surface area contributed by atoms with E-state index in [1.165, 1.54) is 5.56 Å². The molecule has 30 heavy (non-hydrogen) atoms. The molecule has 0 bridgehead atoms. The average molecular weight is 474 g/mol. The first-order chi connectivity index (χ1) is 13.9. The van der Waals surface area contributed by atoms with Crippen molar-refractivity contribution in [1.82, 2.24) is 14.7 Å². The van der Waals surface area contributed by atoms with Gasteiger partial charge in [-0.3, -0.25) is 0 Å². The zero-order valence-electron chi connectivity index (χ0n) is 18.5. The van der Waals surface area contributed by atoms with Gasteiger partial charge in [0.2, 0.25) is 3.79 Å². The maximum absolute atomic E-state index is 5.85. The minimum absolute atomic E-state index is 0.0595. The molecule has 166 valence electrons. The Morgan fingerprint density at radius 2 is 1.80 bits per heavy atom. The number of halogens is 3. The van der Waals surface area contributed by atoms with E-state index >= 15 is 0 Å². The first-order valence-corrected chi connectivity index (χ1v) is 11.0. The number of hydrogen-bond donors (Lipinski definition) is 1. The van der Waals surface area contributed by atoms with Crippen LogP contribution >= 0.6 is 34.8 Å². The summed E-state index contributed by atoms with van der Waals surface area (Å²) in [6.07, 6.45) is 2.67. The number of ether oxygens (including phenoxy) is 1. The van der Waals surface area contributed by atoms with Gasteiger partial charge in [-0.2, -0.15) is 5.10 Å². The van der Waals surface area contributed by atoms with Crippen molar-refractivity contribution in [2.24, 2.45) is 0 Å². The Morgan fingerprint density at radius 3 is 2.30 bits per heavy atom. The number of benzene rings is 1. The number of allylic oxidation sites excluding steroid dienone is 1. The van der Waals surface area contributed by atoms with Gasteiger partial charge >= 0.3 is 0 Å². The van der Waals surface area contributed by atoms with Crippen molar-refractivity contribution >= 4 is 40.6 Å². The first kappa shape index (κ1) is 24.9. The molecule has 0 amide bonds. The second kappa shape index (κ2) is 10.3. The molecule has 0 saturated heterocycles. The van der Waals surface area contributed by atoms with Crippen molar-refractivity contribution < 1.29 is 4.74 Å². The predicted molar refractivity (Wildman–Crippen MR) is 128 cm³/mol. The van der Waals surface area contributed by atoms with Crippen LogP contribution in [0.3, 0.4) is 0 Å². The highest BCUT2D eigenvalue weighted by atomic mass is 35.6. The van der Waals surface area contributed by atoms with E-state index in [9.17, 15) is 0 Å². The quantitative estimate of drug-likeness (QED) is 0.362. The summed E-state index contributed by atoms with van der Waals surface area (Å²) in [5.74, 6) is 1.30. The fraction of sp³-hybridized carbons (Fsp3) is 0.500. The van der Waals surface area contributed by atoms with E-state index < -0.39 is 3.79 Å². The molecule has 1 N–H and O–H groups in total. The highest BCUT2D eigenvalue weighted by Crippen LogP contribution is 2.29. The van der Waals surface area contributed by atoms with Crippen LogP contribution in [-0.4, -0.2) is 39.2 Å². The standard InChI is InChI=1S/C22H31Cl3N4O/c1-7-8-20(30-15-22(23,24)25)26-19-13-18(21(2,3)4)27-29(19)17-11-9-16(10-12-17)14-28(5)6/h8-13,26H,7,14-15H2,1-6H3/b20-8+. The highest BCUT2D eigenvalue weighted by Gasteiger charge is 2.23. The number of anilines is 1. The van der Waals surface area contributed by atoms with Crippen molar-refractivity contribution in [2.45, 2.75) is 49.9 Å². The molecule has 0 aliphatic carbocycles. The van der Waals surface area contributed by atoms with Crippen LogP contribution in [0.2, 0.25) is 0 Å². The van der Waals surface area contributed by atoms with Gasteiger partial charge in [-0.1, -0.05) is 74.6 Å². The molecular weight excluding hydrogens is 443 g/mol. The summed E-state index contributed by atoms with van der Waals surface area (Å²) in [7, 11) is 4.11. The number of nitrogens with one attached hydrogen (secondary N) is 1. The third kappa shape index (κ3) is 7.69. The molecule has 0 fully saturated rings. The minimum Gasteiger partial charge on any atom is -0.475 e. The lowest BCUT2D eigenvalue weighted by Crippen LogP contribution is -2.17. The van der Waals surface area contributed by atoms with Crippen molar-refractivity contribution in [2.75, 3.05) is 26.0 Å². The second-order valence-corrected chi connectivity index (χ2v) is 11.0. The van der Waals surface area contributed by atoms with Crippen LogP contribution in [0.1, 0.15) is 45.4 Å². The summed E-state index contributed by atoms with van der Waals surface area (Å²) < 4.78 is 6.09. The Labute approximate surface area is 194 Å². The zero-order chi connectivity index (χ0) is 22.5. The molecule has 1 heterocycles. The topological polar surface area (TPSA) is 42.3 Å². The largest absolute Gasteiger partial charge is 0.475 e. The van der Waals surface area contributed by atoms with Gasteiger partial charge in [0.25, 0.3) is 0 Å². The lowest BCUT2D eigenvalue weighted by Gasteiger charge is -2.17. The van der Waals surface area contributed by atoms with Gasteiger partial charge in [0.1, 0.15) is 12.4 Å². The summed E-state index contributed by atoms with van der Waals surface area (Å²) in [5, 5.41) is 8.16. The monoisotopic (exact) mass is 472 g/mol. The number of aromatic nitrogens is 2. The molecule has 8 heteroatoms. The molecule has 1 aromatic carbocycles. The van der Waals surface area contributed by atoms with Crippen LogP contribution < -0.4 is 5.32 Å². The van der Waals surface area contributed by atoms with Crippen LogP contribution in [0.5, 0.6) is 0 Å². The van der Waals surface area contributed by atoms with E-state index in [-0.39, 0.29) is 12.0 Å². The molecule has 0 aliphatic heterocycles. The maximum atomic E-state index is 5.85. The Kier molecular flexibility index (Phi) is 8.51. The summed E-state index contributed by atoms with van der Waals surface area (Å²) in [5.41, 5.74) is 3.03. The minimum atomic E-state index is -1.49. The van der Waals surface area contributed by atoms with Crippen LogP contribution in [0.25, 0.3) is 5.69 Å². The number of hydrogen-bond acceptors (Lipinski definition) is 4. The fourth-order valence-electron chi connectivity index (χ4n) is 2.76. The molecule has 2 aromatic rings. The van der Waals surface area contributed by atoms with E-state index in [2.05, 4.69) is 69.3 Å². The molecule has 0 saturated carbocycles. The third-order valence-electron chi connectivity index (χ3n) is 4.19. The van der Waals surface area contributed by atoms with E-state index in [0.717, 1.165) is 30.2 Å². The van der Waals surface area contributed by atoms with E-state index in [0.29, 0.717) is 5.88 Å². The molecule has 0 atom stereocenters. The Hall–Kier alpha value is -1.40. The van der Waals surface area contributed by atoms with Crippen molar-refractivity contribution in [1.29, 1.82) is 0 Å². The molecule has 0 radical (unpaired) electrons. The molecular formula is C22H31Cl3N4O. The van der Waals surface area contributed by atoms with Gasteiger partial charge in [0, 0.05) is 18.0 Å². The summed E-state index contributed by atoms with van der Waals surface area (Å²) in [4.78, 5) is 2.14. The number of rotatable bonds is 8. The van der Waals surface area contributed by atoms with Gasteiger partial charge in [0.15, 0.2) is 5.88 Å². The zero-order valence-corrected chi connectivity index (χ0v) is 20.7. The molecule has 0 unspecified atom stereocenters. The van der Waals surface area contributed by atoms with Crippen LogP contribution in [-0.2, 0) is 16.7 Å². The summed E-state index contributed by atoms with van der Waals surface area (Å²) >= 11 is 17.6. The van der Waals surface area contributed by atoms with Crippen molar-refractivity contribution in [3.63, 3.8) is 0 Å². The van der Waals surface area contributed by atoms with Gasteiger partial charge in [-0.25, -0.2) is 4.68 Å². The Morgan fingerprint density at radius 1 is 1.17 bits per heavy atom. The van der Waals surface area contributed by atoms with Gasteiger partial charge in [-0.05, 0) is 44.3 Å².